The molecular weight excluding hydrogens is 714 g/mol. The molecule has 0 aliphatic carbocycles. The highest BCUT2D eigenvalue weighted by molar-refractivity contribution is 9.10. The van der Waals surface area contributed by atoms with Gasteiger partial charge in [0.2, 0.25) is 5.76 Å². The molecule has 1 N–H and O–H groups in total. The molecule has 48 heavy (non-hydrogen) atoms. The van der Waals surface area contributed by atoms with Gasteiger partial charge in [0, 0.05) is 47.6 Å². The number of carboxylic acids is 1. The second kappa shape index (κ2) is 13.1. The molecule has 3 fully saturated rings. The zero-order valence-corrected chi connectivity index (χ0v) is 29.4. The summed E-state index contributed by atoms with van der Waals surface area (Å²) in [7, 11) is -4.14. The largest absolute Gasteiger partial charge is 0.475 e. The van der Waals surface area contributed by atoms with E-state index in [1.807, 2.05) is 70.9 Å². The maximum atomic E-state index is 14.7. The number of aromatic carboxylic acids is 1. The van der Waals surface area contributed by atoms with E-state index in [1.54, 1.807) is 6.92 Å². The minimum atomic E-state index is -4.14. The fourth-order valence-electron chi connectivity index (χ4n) is 6.99. The summed E-state index contributed by atoms with van der Waals surface area (Å²) in [6, 6.07) is 23.8. The predicted octanol–water partition coefficient (Wildman–Crippen LogP) is 7.44. The number of thiophene rings is 1. The molecule has 12 heteroatoms. The molecule has 0 spiro atoms. The molecule has 2 atom stereocenters. The molecule has 5 heterocycles. The first-order valence-electron chi connectivity index (χ1n) is 15.8. The van der Waals surface area contributed by atoms with Gasteiger partial charge in [0.05, 0.1) is 16.3 Å². The lowest BCUT2D eigenvalue weighted by Gasteiger charge is -2.40. The van der Waals surface area contributed by atoms with Crippen molar-refractivity contribution in [3.8, 4) is 0 Å². The lowest BCUT2D eigenvalue weighted by Crippen LogP contribution is -2.45. The number of benzene rings is 3. The molecule has 2 aromatic heterocycles. The maximum Gasteiger partial charge on any atom is 0.372 e. The number of anilines is 2. The summed E-state index contributed by atoms with van der Waals surface area (Å²) in [6.45, 7) is 3.71. The summed E-state index contributed by atoms with van der Waals surface area (Å²) in [6.07, 6.45) is 2.37. The molecule has 1 amide bonds. The second-order valence-electron chi connectivity index (χ2n) is 12.4. The predicted molar refractivity (Wildman–Crippen MR) is 191 cm³/mol. The van der Waals surface area contributed by atoms with Crippen molar-refractivity contribution in [1.29, 1.82) is 0 Å². The van der Waals surface area contributed by atoms with Crippen LogP contribution in [-0.4, -0.2) is 62.5 Å². The Balaban J connectivity index is 1.27. The standard InChI is InChI=1S/C36H34BrN3O6S2/c1-23-28-19-27(13-14-32(28)46-33(23)36(42)43)48(44,45)40(17-15-24-7-3-2-4-8-24)31-10-6-5-9-30(31)39-21-25-11-12-26(39)22-38(20-25)35(41)34-29(37)16-18-47-34/h2-10,13-14,16,18-19,25-26H,11-12,15,17,20-22H2,1H3,(H,42,43). The Bertz CT molecular complexity index is 2110. The van der Waals surface area contributed by atoms with Crippen LogP contribution < -0.4 is 9.21 Å². The van der Waals surface area contributed by atoms with Gasteiger partial charge in [0.15, 0.2) is 0 Å². The van der Waals surface area contributed by atoms with Crippen molar-refractivity contribution >= 4 is 71.5 Å². The molecule has 3 aliphatic rings. The number of carbonyl (C=O) groups excluding carboxylic acids is 1. The van der Waals surface area contributed by atoms with Crippen LogP contribution in [0.5, 0.6) is 0 Å². The number of halogens is 1. The molecule has 9 nitrogen and oxygen atoms in total. The number of furan rings is 1. The lowest BCUT2D eigenvalue weighted by atomic mass is 9.94. The first-order valence-corrected chi connectivity index (χ1v) is 18.9. The highest BCUT2D eigenvalue weighted by Gasteiger charge is 2.39. The van der Waals surface area contributed by atoms with Gasteiger partial charge in [-0.25, -0.2) is 13.2 Å². The SMILES string of the molecule is Cc1c(C(=O)O)oc2ccc(S(=O)(=O)N(CCc3ccccc3)c3ccccc3N3CC4CCC3CN(C(=O)c3sccc3Br)C4)cc12. The summed E-state index contributed by atoms with van der Waals surface area (Å²) in [5.41, 5.74) is 3.07. The summed E-state index contributed by atoms with van der Waals surface area (Å²) in [4.78, 5) is 30.3. The van der Waals surface area contributed by atoms with Crippen molar-refractivity contribution < 1.29 is 27.5 Å². The molecule has 3 aromatic carbocycles. The summed E-state index contributed by atoms with van der Waals surface area (Å²) in [5.74, 6) is -1.15. The number of piperidine rings is 1. The van der Waals surface area contributed by atoms with Crippen molar-refractivity contribution in [3.63, 3.8) is 0 Å². The van der Waals surface area contributed by atoms with Gasteiger partial charge in [-0.2, -0.15) is 0 Å². The van der Waals surface area contributed by atoms with E-state index in [2.05, 4.69) is 20.8 Å². The topological polar surface area (TPSA) is 111 Å². The average molecular weight is 749 g/mol. The smallest absolute Gasteiger partial charge is 0.372 e. The first-order chi connectivity index (χ1) is 23.1. The molecule has 5 aromatic rings. The molecule has 2 unspecified atom stereocenters. The molecule has 3 aliphatic heterocycles. The normalized spacial score (nSPS) is 17.9. The third-order valence-electron chi connectivity index (χ3n) is 9.41. The van der Waals surface area contributed by atoms with Gasteiger partial charge < -0.3 is 19.3 Å². The Morgan fingerprint density at radius 3 is 2.52 bits per heavy atom. The third-order valence-corrected chi connectivity index (χ3v) is 13.0. The number of amides is 1. The Morgan fingerprint density at radius 2 is 1.77 bits per heavy atom. The molecule has 2 bridgehead atoms. The van der Waals surface area contributed by atoms with Crippen LogP contribution in [0, 0.1) is 12.8 Å². The molecule has 0 saturated carbocycles. The van der Waals surface area contributed by atoms with E-state index in [-0.39, 0.29) is 35.1 Å². The van der Waals surface area contributed by atoms with Crippen LogP contribution in [0.25, 0.3) is 11.0 Å². The van der Waals surface area contributed by atoms with Crippen molar-refractivity contribution in [2.45, 2.75) is 37.1 Å². The zero-order chi connectivity index (χ0) is 33.6. The number of hydrogen-bond acceptors (Lipinski definition) is 7. The number of hydrogen-bond donors (Lipinski definition) is 1. The lowest BCUT2D eigenvalue weighted by molar-refractivity contribution is 0.0663. The molecular formula is C36H34BrN3O6S2. The van der Waals surface area contributed by atoms with Crippen LogP contribution in [0.3, 0.4) is 0 Å². The summed E-state index contributed by atoms with van der Waals surface area (Å²) >= 11 is 4.96. The highest BCUT2D eigenvalue weighted by atomic mass is 79.9. The molecule has 8 rings (SSSR count). The summed E-state index contributed by atoms with van der Waals surface area (Å²) < 4.78 is 37.3. The number of fused-ring (bicyclic) bond motifs is 5. The van der Waals surface area contributed by atoms with Crippen LogP contribution in [-0.2, 0) is 16.4 Å². The zero-order valence-electron chi connectivity index (χ0n) is 26.2. The minimum absolute atomic E-state index is 0.0191. The van der Waals surface area contributed by atoms with Crippen molar-refractivity contribution in [2.75, 3.05) is 35.4 Å². The Morgan fingerprint density at radius 1 is 1.00 bits per heavy atom. The quantitative estimate of drug-likeness (QED) is 0.167. The fraction of sp³-hybridized carbons (Fsp3) is 0.278. The fourth-order valence-corrected chi connectivity index (χ4v) is 10.0. The number of carboxylic acid groups (broad SMARTS) is 1. The average Bonchev–Trinajstić information content (AvgIpc) is 3.53. The van der Waals surface area contributed by atoms with E-state index in [4.69, 9.17) is 4.42 Å². The highest BCUT2D eigenvalue weighted by Crippen LogP contribution is 2.40. The molecule has 248 valence electrons. The van der Waals surface area contributed by atoms with Crippen molar-refractivity contribution in [1.82, 2.24) is 4.90 Å². The van der Waals surface area contributed by atoms with Gasteiger partial charge in [0.25, 0.3) is 15.9 Å². The van der Waals surface area contributed by atoms with Crippen LogP contribution >= 0.6 is 27.3 Å². The van der Waals surface area contributed by atoms with Crippen molar-refractivity contribution in [3.05, 3.63) is 110 Å². The van der Waals surface area contributed by atoms with E-state index in [1.165, 1.54) is 33.8 Å². The van der Waals surface area contributed by atoms with Crippen molar-refractivity contribution in [2.24, 2.45) is 5.92 Å². The minimum Gasteiger partial charge on any atom is -0.475 e. The number of carbonyl (C=O) groups is 2. The number of para-hydroxylation sites is 2. The Kier molecular flexibility index (Phi) is 8.82. The first kappa shape index (κ1) is 32.4. The number of rotatable bonds is 9. The van der Waals surface area contributed by atoms with Crippen LogP contribution in [0.2, 0.25) is 0 Å². The van der Waals surface area contributed by atoms with Crippen LogP contribution in [0.15, 0.2) is 98.0 Å². The Hall–Kier alpha value is -4.13. The Labute approximate surface area is 291 Å². The van der Waals surface area contributed by atoms with E-state index in [0.29, 0.717) is 53.2 Å². The van der Waals surface area contributed by atoms with E-state index >= 15 is 0 Å². The van der Waals surface area contributed by atoms with Gasteiger partial charge in [-0.3, -0.25) is 9.10 Å². The van der Waals surface area contributed by atoms with Gasteiger partial charge in [-0.05, 0) is 95.4 Å². The maximum absolute atomic E-state index is 14.7. The van der Waals surface area contributed by atoms with Crippen LogP contribution in [0.1, 0.15) is 44.2 Å². The summed E-state index contributed by atoms with van der Waals surface area (Å²) in [5, 5.41) is 11.9. The van der Waals surface area contributed by atoms with E-state index in [0.717, 1.165) is 28.6 Å². The number of sulfonamides is 1. The van der Waals surface area contributed by atoms with E-state index < -0.39 is 16.0 Å². The number of aryl methyl sites for hydroxylation is 1. The second-order valence-corrected chi connectivity index (χ2v) is 16.0. The van der Waals surface area contributed by atoms with Gasteiger partial charge in [-0.15, -0.1) is 11.3 Å². The van der Waals surface area contributed by atoms with Gasteiger partial charge in [0.1, 0.15) is 10.5 Å². The molecule has 3 saturated heterocycles. The number of nitrogens with zero attached hydrogens (tertiary/aromatic N) is 3. The van der Waals surface area contributed by atoms with Crippen LogP contribution in [0.4, 0.5) is 11.4 Å². The van der Waals surface area contributed by atoms with E-state index in [9.17, 15) is 23.1 Å². The van der Waals surface area contributed by atoms with Gasteiger partial charge in [-0.1, -0.05) is 42.5 Å². The third kappa shape index (κ3) is 6.01. The van der Waals surface area contributed by atoms with Gasteiger partial charge >= 0.3 is 5.97 Å². The molecule has 0 radical (unpaired) electrons. The monoisotopic (exact) mass is 747 g/mol.